The molecule has 1 aromatic heterocycles. The molecular weight excluding hydrogens is 480 g/mol. The van der Waals surface area contributed by atoms with Crippen LogP contribution in [0.2, 0.25) is 0 Å². The summed E-state index contributed by atoms with van der Waals surface area (Å²) in [5, 5.41) is 7.07. The number of nitrogens with one attached hydrogen (secondary N) is 1. The molecule has 0 saturated heterocycles. The summed E-state index contributed by atoms with van der Waals surface area (Å²) in [5.74, 6) is -0.0587. The Morgan fingerprint density at radius 3 is 2.44 bits per heavy atom. The van der Waals surface area contributed by atoms with E-state index < -0.39 is 0 Å². The molecule has 0 atom stereocenters. The first kappa shape index (κ1) is 21.7. The third-order valence-corrected chi connectivity index (χ3v) is 5.25. The smallest absolute Gasteiger partial charge is 0.256 e. The second-order valence-corrected chi connectivity index (χ2v) is 7.86. The zero-order chi connectivity index (χ0) is 22.5. The molecule has 4 rings (SSSR count). The van der Waals surface area contributed by atoms with E-state index >= 15 is 0 Å². The number of hydrogen-bond acceptors (Lipinski definition) is 3. The molecule has 0 aliphatic heterocycles. The summed E-state index contributed by atoms with van der Waals surface area (Å²) in [6.07, 6.45) is 1.68. The van der Waals surface area contributed by atoms with Crippen LogP contribution in [-0.4, -0.2) is 15.7 Å². The molecule has 0 unspecified atom stereocenters. The van der Waals surface area contributed by atoms with Crippen LogP contribution in [-0.2, 0) is 13.2 Å². The van der Waals surface area contributed by atoms with Crippen LogP contribution in [0.3, 0.4) is 0 Å². The average molecular weight is 498 g/mol. The molecule has 5 nitrogen and oxygen atoms in total. The van der Waals surface area contributed by atoms with Crippen LogP contribution in [0.25, 0.3) is 0 Å². The van der Waals surface area contributed by atoms with Gasteiger partial charge in [0.1, 0.15) is 24.0 Å². The number of aromatic nitrogens is 2. The van der Waals surface area contributed by atoms with Crippen LogP contribution in [0.4, 0.5) is 14.6 Å². The highest BCUT2D eigenvalue weighted by atomic mass is 79.9. The molecule has 1 N–H and O–H groups in total. The standard InChI is InChI=1S/C24H18BrF2N3O2/c25-21-14-30(13-18-3-1-2-4-22(18)27)29-23(21)28-24(31)17-7-5-16(6-8-17)15-32-20-11-9-19(26)10-12-20/h1-12,14H,13,15H2,(H,28,29,31). The molecular formula is C24H18BrF2N3O2. The van der Waals surface area contributed by atoms with Gasteiger partial charge in [0.05, 0.1) is 11.0 Å². The maximum absolute atomic E-state index is 13.9. The first-order valence-electron chi connectivity index (χ1n) is 9.73. The number of carbonyl (C=O) groups excluding carboxylic acids is 1. The Bertz CT molecular complexity index is 1220. The van der Waals surface area contributed by atoms with Crippen LogP contribution >= 0.6 is 15.9 Å². The van der Waals surface area contributed by atoms with Crippen molar-refractivity contribution in [2.24, 2.45) is 0 Å². The van der Waals surface area contributed by atoms with Gasteiger partial charge in [0, 0.05) is 17.3 Å². The van der Waals surface area contributed by atoms with Crippen molar-refractivity contribution < 1.29 is 18.3 Å². The van der Waals surface area contributed by atoms with E-state index in [2.05, 4.69) is 26.3 Å². The fraction of sp³-hybridized carbons (Fsp3) is 0.0833. The van der Waals surface area contributed by atoms with Crippen molar-refractivity contribution in [1.29, 1.82) is 0 Å². The first-order valence-corrected chi connectivity index (χ1v) is 10.5. The predicted molar refractivity (Wildman–Crippen MR) is 121 cm³/mol. The van der Waals surface area contributed by atoms with Gasteiger partial charge in [-0.25, -0.2) is 8.78 Å². The number of rotatable bonds is 7. The highest BCUT2D eigenvalue weighted by molar-refractivity contribution is 9.10. The van der Waals surface area contributed by atoms with E-state index in [0.29, 0.717) is 33.8 Å². The quantitative estimate of drug-likeness (QED) is 0.350. The van der Waals surface area contributed by atoms with E-state index in [0.717, 1.165) is 5.56 Å². The topological polar surface area (TPSA) is 56.2 Å². The lowest BCUT2D eigenvalue weighted by molar-refractivity contribution is 0.102. The third kappa shape index (κ3) is 5.39. The molecule has 0 spiro atoms. The van der Waals surface area contributed by atoms with Crippen LogP contribution < -0.4 is 10.1 Å². The van der Waals surface area contributed by atoms with E-state index in [-0.39, 0.29) is 24.1 Å². The minimum absolute atomic E-state index is 0.240. The van der Waals surface area contributed by atoms with Gasteiger partial charge in [0.2, 0.25) is 0 Å². The van der Waals surface area contributed by atoms with E-state index in [9.17, 15) is 13.6 Å². The number of amides is 1. The van der Waals surface area contributed by atoms with Gasteiger partial charge in [-0.05, 0) is 64.0 Å². The van der Waals surface area contributed by atoms with Crippen molar-refractivity contribution in [3.8, 4) is 5.75 Å². The molecule has 1 amide bonds. The van der Waals surface area contributed by atoms with Gasteiger partial charge in [0.25, 0.3) is 5.91 Å². The van der Waals surface area contributed by atoms with Gasteiger partial charge < -0.3 is 10.1 Å². The predicted octanol–water partition coefficient (Wildman–Crippen LogP) is 5.80. The zero-order valence-corrected chi connectivity index (χ0v) is 18.4. The summed E-state index contributed by atoms with van der Waals surface area (Å²) >= 11 is 3.38. The minimum Gasteiger partial charge on any atom is -0.489 e. The Balaban J connectivity index is 1.37. The number of hydrogen-bond donors (Lipinski definition) is 1. The number of halogens is 3. The molecule has 0 saturated carbocycles. The molecule has 0 bridgehead atoms. The Labute approximate surface area is 191 Å². The van der Waals surface area contributed by atoms with Crippen molar-refractivity contribution in [3.63, 3.8) is 0 Å². The van der Waals surface area contributed by atoms with Gasteiger partial charge in [-0.15, -0.1) is 0 Å². The largest absolute Gasteiger partial charge is 0.489 e. The monoisotopic (exact) mass is 497 g/mol. The summed E-state index contributed by atoms with van der Waals surface area (Å²) in [6, 6.07) is 19.2. The zero-order valence-electron chi connectivity index (χ0n) is 16.8. The van der Waals surface area contributed by atoms with E-state index in [1.165, 1.54) is 18.2 Å². The fourth-order valence-electron chi connectivity index (χ4n) is 2.99. The van der Waals surface area contributed by atoms with Crippen molar-refractivity contribution in [2.45, 2.75) is 13.2 Å². The SMILES string of the molecule is O=C(Nc1nn(Cc2ccccc2F)cc1Br)c1ccc(COc2ccc(F)cc2)cc1. The lowest BCUT2D eigenvalue weighted by Gasteiger charge is -2.07. The summed E-state index contributed by atoms with van der Waals surface area (Å²) in [6.45, 7) is 0.531. The molecule has 0 radical (unpaired) electrons. The average Bonchev–Trinajstić information content (AvgIpc) is 3.14. The molecule has 0 fully saturated rings. The summed E-state index contributed by atoms with van der Waals surface area (Å²) < 4.78 is 34.6. The highest BCUT2D eigenvalue weighted by Crippen LogP contribution is 2.22. The molecule has 0 aliphatic carbocycles. The number of anilines is 1. The number of nitrogens with zero attached hydrogens (tertiary/aromatic N) is 2. The molecule has 0 aliphatic rings. The molecule has 3 aromatic carbocycles. The summed E-state index contributed by atoms with van der Waals surface area (Å²) in [7, 11) is 0. The Morgan fingerprint density at radius 2 is 1.72 bits per heavy atom. The van der Waals surface area contributed by atoms with Crippen molar-refractivity contribution >= 4 is 27.7 Å². The van der Waals surface area contributed by atoms with E-state index in [1.807, 2.05) is 0 Å². The second-order valence-electron chi connectivity index (χ2n) is 7.01. The van der Waals surface area contributed by atoms with Gasteiger partial charge in [-0.3, -0.25) is 9.48 Å². The molecule has 32 heavy (non-hydrogen) atoms. The minimum atomic E-state index is -0.326. The third-order valence-electron chi connectivity index (χ3n) is 4.67. The molecule has 4 aromatic rings. The van der Waals surface area contributed by atoms with Crippen LogP contribution in [0.5, 0.6) is 5.75 Å². The summed E-state index contributed by atoms with van der Waals surface area (Å²) in [4.78, 5) is 12.6. The lowest BCUT2D eigenvalue weighted by Crippen LogP contribution is -2.13. The maximum atomic E-state index is 13.9. The van der Waals surface area contributed by atoms with Crippen molar-refractivity contribution in [2.75, 3.05) is 5.32 Å². The fourth-order valence-corrected chi connectivity index (χ4v) is 3.41. The van der Waals surface area contributed by atoms with Gasteiger partial charge >= 0.3 is 0 Å². The number of benzene rings is 3. The number of ether oxygens (including phenoxy) is 1. The summed E-state index contributed by atoms with van der Waals surface area (Å²) in [5.41, 5.74) is 1.81. The second kappa shape index (κ2) is 9.74. The van der Waals surface area contributed by atoms with E-state index in [1.54, 1.807) is 65.5 Å². The van der Waals surface area contributed by atoms with Crippen LogP contribution in [0, 0.1) is 11.6 Å². The highest BCUT2D eigenvalue weighted by Gasteiger charge is 2.13. The Hall–Kier alpha value is -3.52. The Kier molecular flexibility index (Phi) is 6.61. The van der Waals surface area contributed by atoms with Crippen molar-refractivity contribution in [1.82, 2.24) is 9.78 Å². The van der Waals surface area contributed by atoms with Gasteiger partial charge in [0.15, 0.2) is 5.82 Å². The first-order chi connectivity index (χ1) is 15.5. The van der Waals surface area contributed by atoms with Gasteiger partial charge in [-0.1, -0.05) is 30.3 Å². The van der Waals surface area contributed by atoms with Crippen LogP contribution in [0.15, 0.2) is 83.5 Å². The van der Waals surface area contributed by atoms with Crippen LogP contribution in [0.1, 0.15) is 21.5 Å². The molecule has 1 heterocycles. The normalized spacial score (nSPS) is 10.7. The molecule has 162 valence electrons. The Morgan fingerprint density at radius 1 is 1.00 bits per heavy atom. The van der Waals surface area contributed by atoms with Gasteiger partial charge in [-0.2, -0.15) is 5.10 Å². The number of carbonyl (C=O) groups is 1. The van der Waals surface area contributed by atoms with Crippen molar-refractivity contribution in [3.05, 3.63) is 112 Å². The maximum Gasteiger partial charge on any atom is 0.256 e. The van der Waals surface area contributed by atoms with E-state index in [4.69, 9.17) is 4.74 Å². The lowest BCUT2D eigenvalue weighted by atomic mass is 10.1. The molecule has 8 heteroatoms.